The van der Waals surface area contributed by atoms with Crippen molar-refractivity contribution >= 4 is 23.4 Å². The highest BCUT2D eigenvalue weighted by atomic mass is 35.5. The van der Waals surface area contributed by atoms with Crippen molar-refractivity contribution in [1.82, 2.24) is 4.90 Å². The highest BCUT2D eigenvalue weighted by Gasteiger charge is 2.46. The van der Waals surface area contributed by atoms with E-state index in [0.717, 1.165) is 0 Å². The number of likely N-dealkylation sites (tertiary alicyclic amines) is 1. The molecule has 0 atom stereocenters. The first kappa shape index (κ1) is 13.8. The average molecular weight is 285 g/mol. The number of aryl methyl sites for hydroxylation is 1. The van der Waals surface area contributed by atoms with Crippen molar-refractivity contribution in [2.24, 2.45) is 11.1 Å². The fourth-order valence-corrected chi connectivity index (χ4v) is 2.24. The molecular weight excluding hydrogens is 271 g/mol. The Hall–Kier alpha value is -1.62. The van der Waals surface area contributed by atoms with E-state index in [1.165, 1.54) is 11.0 Å². The molecule has 1 fully saturated rings. The lowest BCUT2D eigenvalue weighted by molar-refractivity contribution is -0.134. The summed E-state index contributed by atoms with van der Waals surface area (Å²) in [5.74, 6) is -1.66. The van der Waals surface area contributed by atoms with Crippen molar-refractivity contribution in [3.63, 3.8) is 0 Å². The second-order valence-corrected chi connectivity index (χ2v) is 5.52. The van der Waals surface area contributed by atoms with Gasteiger partial charge in [0.15, 0.2) is 5.82 Å². The highest BCUT2D eigenvalue weighted by molar-refractivity contribution is 6.31. The maximum absolute atomic E-state index is 13.9. The van der Waals surface area contributed by atoms with E-state index in [9.17, 15) is 14.0 Å². The van der Waals surface area contributed by atoms with E-state index >= 15 is 0 Å². The van der Waals surface area contributed by atoms with Gasteiger partial charge < -0.3 is 10.6 Å². The van der Waals surface area contributed by atoms with Crippen LogP contribution in [0.4, 0.5) is 4.39 Å². The third kappa shape index (κ3) is 2.18. The smallest absolute Gasteiger partial charge is 0.256 e. The van der Waals surface area contributed by atoms with Crippen LogP contribution >= 0.6 is 11.6 Å². The molecule has 2 rings (SSSR count). The largest absolute Gasteiger partial charge is 0.369 e. The quantitative estimate of drug-likeness (QED) is 0.899. The van der Waals surface area contributed by atoms with Crippen molar-refractivity contribution < 1.29 is 14.0 Å². The van der Waals surface area contributed by atoms with Crippen LogP contribution in [0.3, 0.4) is 0 Å². The normalized spacial score (nSPS) is 16.9. The summed E-state index contributed by atoms with van der Waals surface area (Å²) in [7, 11) is 0. The Bertz CT molecular complexity index is 568. The molecule has 0 aliphatic carbocycles. The minimum Gasteiger partial charge on any atom is -0.369 e. The Morgan fingerprint density at radius 1 is 1.42 bits per heavy atom. The molecule has 0 radical (unpaired) electrons. The molecular formula is C13H14ClFN2O2. The van der Waals surface area contributed by atoms with Crippen molar-refractivity contribution in [2.45, 2.75) is 13.8 Å². The van der Waals surface area contributed by atoms with E-state index in [2.05, 4.69) is 0 Å². The van der Waals surface area contributed by atoms with Crippen LogP contribution in [-0.2, 0) is 4.79 Å². The van der Waals surface area contributed by atoms with E-state index in [1.807, 2.05) is 0 Å². The summed E-state index contributed by atoms with van der Waals surface area (Å²) >= 11 is 5.78. The molecule has 6 heteroatoms. The number of hydrogen-bond donors (Lipinski definition) is 1. The number of carbonyl (C=O) groups excluding carboxylic acids is 2. The Morgan fingerprint density at radius 3 is 2.53 bits per heavy atom. The second kappa shape index (κ2) is 4.49. The molecule has 0 spiro atoms. The summed E-state index contributed by atoms with van der Waals surface area (Å²) in [6.07, 6.45) is 0. The van der Waals surface area contributed by atoms with Gasteiger partial charge in [0.05, 0.1) is 16.0 Å². The van der Waals surface area contributed by atoms with Crippen molar-refractivity contribution in [3.05, 3.63) is 34.1 Å². The van der Waals surface area contributed by atoms with Crippen molar-refractivity contribution in [3.8, 4) is 0 Å². The molecule has 1 aromatic rings. The molecule has 0 unspecified atom stereocenters. The fraction of sp³-hybridized carbons (Fsp3) is 0.385. The summed E-state index contributed by atoms with van der Waals surface area (Å²) in [6, 6.07) is 2.99. The molecule has 19 heavy (non-hydrogen) atoms. The van der Waals surface area contributed by atoms with Gasteiger partial charge in [0.1, 0.15) is 0 Å². The summed E-state index contributed by atoms with van der Waals surface area (Å²) in [4.78, 5) is 24.6. The number of nitrogens with zero attached hydrogens (tertiary/aromatic N) is 1. The van der Waals surface area contributed by atoms with Gasteiger partial charge in [0, 0.05) is 13.1 Å². The van der Waals surface area contributed by atoms with Crippen LogP contribution in [0.15, 0.2) is 12.1 Å². The highest BCUT2D eigenvalue weighted by Crippen LogP contribution is 2.32. The summed E-state index contributed by atoms with van der Waals surface area (Å²) in [6.45, 7) is 3.74. The minimum atomic E-state index is -0.723. The maximum atomic E-state index is 13.9. The fourth-order valence-electron chi connectivity index (χ4n) is 2.08. The van der Waals surface area contributed by atoms with Crippen molar-refractivity contribution in [2.75, 3.05) is 13.1 Å². The van der Waals surface area contributed by atoms with Gasteiger partial charge in [-0.05, 0) is 25.5 Å². The van der Waals surface area contributed by atoms with Crippen LogP contribution in [0.1, 0.15) is 22.8 Å². The van der Waals surface area contributed by atoms with Crippen LogP contribution in [0.2, 0.25) is 5.02 Å². The predicted octanol–water partition coefficient (Wildman–Crippen LogP) is 1.73. The monoisotopic (exact) mass is 284 g/mol. The van der Waals surface area contributed by atoms with Gasteiger partial charge in [-0.2, -0.15) is 0 Å². The molecule has 0 aromatic heterocycles. The van der Waals surface area contributed by atoms with Gasteiger partial charge in [-0.25, -0.2) is 4.39 Å². The number of benzene rings is 1. The Kier molecular flexibility index (Phi) is 3.26. The van der Waals surface area contributed by atoms with Gasteiger partial charge in [0.2, 0.25) is 5.91 Å². The van der Waals surface area contributed by atoms with Gasteiger partial charge in [0.25, 0.3) is 5.91 Å². The molecule has 102 valence electrons. The summed E-state index contributed by atoms with van der Waals surface area (Å²) < 4.78 is 13.9. The standard InChI is InChI=1S/C13H14ClFN2O2/c1-7-3-4-8(10(15)9(7)14)11(18)17-5-13(2,6-17)12(16)19/h3-4H,5-6H2,1-2H3,(H2,16,19). The zero-order valence-electron chi connectivity index (χ0n) is 10.7. The van der Waals surface area contributed by atoms with Crippen LogP contribution in [0.25, 0.3) is 0 Å². The Labute approximate surface area is 115 Å². The lowest BCUT2D eigenvalue weighted by Gasteiger charge is -2.45. The van der Waals surface area contributed by atoms with Crippen LogP contribution in [0.5, 0.6) is 0 Å². The topological polar surface area (TPSA) is 63.4 Å². The van der Waals surface area contributed by atoms with Gasteiger partial charge in [-0.3, -0.25) is 9.59 Å². The third-order valence-electron chi connectivity index (χ3n) is 3.47. The molecule has 4 nitrogen and oxygen atoms in total. The number of primary amides is 1. The maximum Gasteiger partial charge on any atom is 0.256 e. The summed E-state index contributed by atoms with van der Waals surface area (Å²) in [5.41, 5.74) is 5.00. The zero-order chi connectivity index (χ0) is 14.4. The second-order valence-electron chi connectivity index (χ2n) is 5.14. The number of hydrogen-bond acceptors (Lipinski definition) is 2. The molecule has 1 aromatic carbocycles. The molecule has 1 saturated heterocycles. The molecule has 2 amide bonds. The first-order chi connectivity index (χ1) is 8.76. The Morgan fingerprint density at radius 2 is 2.00 bits per heavy atom. The van der Waals surface area contributed by atoms with Crippen LogP contribution in [0, 0.1) is 18.2 Å². The number of carbonyl (C=O) groups is 2. The average Bonchev–Trinajstić information content (AvgIpc) is 2.31. The first-order valence-electron chi connectivity index (χ1n) is 5.80. The molecule has 1 aliphatic heterocycles. The molecule has 1 heterocycles. The van der Waals surface area contributed by atoms with Gasteiger partial charge in [-0.15, -0.1) is 0 Å². The lowest BCUT2D eigenvalue weighted by Crippen LogP contribution is -2.62. The zero-order valence-corrected chi connectivity index (χ0v) is 11.4. The number of rotatable bonds is 2. The van der Waals surface area contributed by atoms with E-state index in [1.54, 1.807) is 19.9 Å². The number of halogens is 2. The molecule has 1 aliphatic rings. The molecule has 2 N–H and O–H groups in total. The first-order valence-corrected chi connectivity index (χ1v) is 6.18. The predicted molar refractivity (Wildman–Crippen MR) is 69.4 cm³/mol. The van der Waals surface area contributed by atoms with Gasteiger partial charge >= 0.3 is 0 Å². The number of amides is 2. The third-order valence-corrected chi connectivity index (χ3v) is 3.93. The molecule has 0 saturated carbocycles. The summed E-state index contributed by atoms with van der Waals surface area (Å²) in [5, 5.41) is -0.0518. The van der Waals surface area contributed by atoms with E-state index in [4.69, 9.17) is 17.3 Å². The van der Waals surface area contributed by atoms with E-state index in [0.29, 0.717) is 5.56 Å². The van der Waals surface area contributed by atoms with Crippen molar-refractivity contribution in [1.29, 1.82) is 0 Å². The van der Waals surface area contributed by atoms with Gasteiger partial charge in [-0.1, -0.05) is 17.7 Å². The Balaban J connectivity index is 2.20. The van der Waals surface area contributed by atoms with Crippen LogP contribution < -0.4 is 5.73 Å². The SMILES string of the molecule is Cc1ccc(C(=O)N2CC(C)(C(N)=O)C2)c(F)c1Cl. The molecule has 0 bridgehead atoms. The number of nitrogens with two attached hydrogens (primary N) is 1. The lowest BCUT2D eigenvalue weighted by atomic mass is 9.81. The van der Waals surface area contributed by atoms with E-state index in [-0.39, 0.29) is 23.7 Å². The van der Waals surface area contributed by atoms with Crippen LogP contribution in [-0.4, -0.2) is 29.8 Å². The minimum absolute atomic E-state index is 0.0518. The van der Waals surface area contributed by atoms with E-state index < -0.39 is 23.0 Å².